The SMILES string of the molecule is COc1ccc(-c2cn3c(C(=O)N(C)C4CCCCC4)csc3n2)cc1. The van der Waals surface area contributed by atoms with Gasteiger partial charge in [-0.25, -0.2) is 4.98 Å². The van der Waals surface area contributed by atoms with Crippen LogP contribution in [0.25, 0.3) is 16.2 Å². The van der Waals surface area contributed by atoms with E-state index < -0.39 is 0 Å². The first kappa shape index (κ1) is 17.1. The van der Waals surface area contributed by atoms with Crippen molar-refractivity contribution in [2.75, 3.05) is 14.2 Å². The maximum Gasteiger partial charge on any atom is 0.271 e. The maximum absolute atomic E-state index is 13.0. The Morgan fingerprint density at radius 3 is 2.65 bits per heavy atom. The second kappa shape index (κ2) is 7.11. The molecule has 6 heteroatoms. The van der Waals surface area contributed by atoms with E-state index in [1.165, 1.54) is 30.6 Å². The Hall–Kier alpha value is -2.34. The molecule has 1 aliphatic carbocycles. The summed E-state index contributed by atoms with van der Waals surface area (Å²) in [6.07, 6.45) is 7.89. The van der Waals surface area contributed by atoms with Crippen LogP contribution < -0.4 is 4.74 Å². The maximum atomic E-state index is 13.0. The predicted octanol–water partition coefficient (Wildman–Crippen LogP) is 4.48. The first-order chi connectivity index (χ1) is 12.7. The van der Waals surface area contributed by atoms with E-state index in [9.17, 15) is 4.79 Å². The van der Waals surface area contributed by atoms with Gasteiger partial charge in [-0.3, -0.25) is 9.20 Å². The fourth-order valence-electron chi connectivity index (χ4n) is 3.65. The van der Waals surface area contributed by atoms with Crippen molar-refractivity contribution in [3.05, 3.63) is 41.5 Å². The number of methoxy groups -OCH3 is 1. The molecule has 0 spiro atoms. The molecule has 1 aromatic carbocycles. The molecule has 2 aromatic heterocycles. The van der Waals surface area contributed by atoms with Crippen molar-refractivity contribution in [2.45, 2.75) is 38.1 Å². The summed E-state index contributed by atoms with van der Waals surface area (Å²) >= 11 is 1.51. The van der Waals surface area contributed by atoms with Crippen LogP contribution in [0.2, 0.25) is 0 Å². The number of hydrogen-bond donors (Lipinski definition) is 0. The molecule has 0 atom stereocenters. The predicted molar refractivity (Wildman–Crippen MR) is 104 cm³/mol. The van der Waals surface area contributed by atoms with Crippen molar-refractivity contribution in [1.82, 2.24) is 14.3 Å². The van der Waals surface area contributed by atoms with E-state index in [1.807, 2.05) is 52.2 Å². The molecular formula is C20H23N3O2S. The standard InChI is InChI=1S/C20H23N3O2S/c1-22(15-6-4-3-5-7-15)19(24)18-13-26-20-21-17(12-23(18)20)14-8-10-16(25-2)11-9-14/h8-13,15H,3-7H2,1-2H3. The van der Waals surface area contributed by atoms with Crippen molar-refractivity contribution in [2.24, 2.45) is 0 Å². The van der Waals surface area contributed by atoms with E-state index in [4.69, 9.17) is 4.74 Å². The third-order valence-electron chi connectivity index (χ3n) is 5.26. The number of benzene rings is 1. The number of carbonyl (C=O) groups is 1. The lowest BCUT2D eigenvalue weighted by molar-refractivity contribution is 0.0689. The molecule has 1 aliphatic rings. The third-order valence-corrected chi connectivity index (χ3v) is 6.10. The van der Waals surface area contributed by atoms with Gasteiger partial charge in [0.1, 0.15) is 11.4 Å². The molecule has 4 rings (SSSR count). The summed E-state index contributed by atoms with van der Waals surface area (Å²) in [5.74, 6) is 0.904. The Balaban J connectivity index is 1.61. The van der Waals surface area contributed by atoms with Crippen LogP contribution >= 0.6 is 11.3 Å². The third kappa shape index (κ3) is 3.09. The average Bonchev–Trinajstić information content (AvgIpc) is 3.28. The first-order valence-corrected chi connectivity index (χ1v) is 9.93. The van der Waals surface area contributed by atoms with Gasteiger partial charge in [0.15, 0.2) is 4.96 Å². The monoisotopic (exact) mass is 369 g/mol. The number of imidazole rings is 1. The Kier molecular flexibility index (Phi) is 4.68. The quantitative estimate of drug-likeness (QED) is 0.681. The van der Waals surface area contributed by atoms with Gasteiger partial charge in [0.2, 0.25) is 0 Å². The normalized spacial score (nSPS) is 15.3. The summed E-state index contributed by atoms with van der Waals surface area (Å²) in [4.78, 5) is 20.5. The highest BCUT2D eigenvalue weighted by molar-refractivity contribution is 7.15. The number of carbonyl (C=O) groups excluding carboxylic acids is 1. The fraction of sp³-hybridized carbons (Fsp3) is 0.400. The number of fused-ring (bicyclic) bond motifs is 1. The van der Waals surface area contributed by atoms with Crippen molar-refractivity contribution in [3.63, 3.8) is 0 Å². The summed E-state index contributed by atoms with van der Waals surface area (Å²) in [6, 6.07) is 8.18. The van der Waals surface area contributed by atoms with Crippen LogP contribution in [0.15, 0.2) is 35.8 Å². The van der Waals surface area contributed by atoms with Gasteiger partial charge in [-0.15, -0.1) is 11.3 Å². The van der Waals surface area contributed by atoms with Crippen molar-refractivity contribution < 1.29 is 9.53 Å². The van der Waals surface area contributed by atoms with E-state index in [1.54, 1.807) is 7.11 Å². The van der Waals surface area contributed by atoms with Gasteiger partial charge in [0.25, 0.3) is 5.91 Å². The molecule has 1 fully saturated rings. The number of nitrogens with zero attached hydrogens (tertiary/aromatic N) is 3. The van der Waals surface area contributed by atoms with E-state index in [-0.39, 0.29) is 5.91 Å². The molecule has 0 bridgehead atoms. The van der Waals surface area contributed by atoms with Crippen LogP contribution in [0, 0.1) is 0 Å². The lowest BCUT2D eigenvalue weighted by Crippen LogP contribution is -2.38. The molecule has 136 valence electrons. The number of amides is 1. The summed E-state index contributed by atoms with van der Waals surface area (Å²) in [5.41, 5.74) is 2.58. The van der Waals surface area contributed by atoms with Crippen LogP contribution in [0.4, 0.5) is 0 Å². The molecule has 3 aromatic rings. The van der Waals surface area contributed by atoms with Crippen molar-refractivity contribution >= 4 is 22.2 Å². The van der Waals surface area contributed by atoms with E-state index in [0.29, 0.717) is 11.7 Å². The molecule has 0 unspecified atom stereocenters. The van der Waals surface area contributed by atoms with Gasteiger partial charge < -0.3 is 9.64 Å². The number of thiazole rings is 1. The summed E-state index contributed by atoms with van der Waals surface area (Å²) in [7, 11) is 3.59. The van der Waals surface area contributed by atoms with Gasteiger partial charge in [-0.05, 0) is 37.1 Å². The van der Waals surface area contributed by atoms with Gasteiger partial charge in [0, 0.05) is 30.2 Å². The molecule has 5 nitrogen and oxygen atoms in total. The summed E-state index contributed by atoms with van der Waals surface area (Å²) in [5, 5.41) is 1.92. The summed E-state index contributed by atoms with van der Waals surface area (Å²) in [6.45, 7) is 0. The zero-order chi connectivity index (χ0) is 18.1. The molecule has 0 radical (unpaired) electrons. The van der Waals surface area contributed by atoms with Crippen LogP contribution in [0.3, 0.4) is 0 Å². The van der Waals surface area contributed by atoms with E-state index in [0.717, 1.165) is 34.8 Å². The number of ether oxygens (including phenoxy) is 1. The smallest absolute Gasteiger partial charge is 0.271 e. The molecule has 2 heterocycles. The fourth-order valence-corrected chi connectivity index (χ4v) is 4.50. The topological polar surface area (TPSA) is 46.8 Å². The highest BCUT2D eigenvalue weighted by Gasteiger charge is 2.25. The Morgan fingerprint density at radius 1 is 1.23 bits per heavy atom. The molecule has 26 heavy (non-hydrogen) atoms. The van der Waals surface area contributed by atoms with Crippen molar-refractivity contribution in [3.8, 4) is 17.0 Å². The number of aromatic nitrogens is 2. The largest absolute Gasteiger partial charge is 0.497 e. The van der Waals surface area contributed by atoms with Gasteiger partial charge >= 0.3 is 0 Å². The van der Waals surface area contributed by atoms with Crippen LogP contribution in [0.1, 0.15) is 42.6 Å². The lowest BCUT2D eigenvalue weighted by Gasteiger charge is -2.31. The Morgan fingerprint density at radius 2 is 1.96 bits per heavy atom. The second-order valence-electron chi connectivity index (χ2n) is 6.84. The summed E-state index contributed by atoms with van der Waals surface area (Å²) < 4.78 is 7.13. The van der Waals surface area contributed by atoms with E-state index in [2.05, 4.69) is 4.98 Å². The lowest BCUT2D eigenvalue weighted by atomic mass is 9.94. The Bertz CT molecular complexity index is 907. The first-order valence-electron chi connectivity index (χ1n) is 9.05. The number of hydrogen-bond acceptors (Lipinski definition) is 4. The van der Waals surface area contributed by atoms with E-state index >= 15 is 0 Å². The minimum atomic E-state index is 0.0850. The zero-order valence-corrected chi connectivity index (χ0v) is 16.0. The second-order valence-corrected chi connectivity index (χ2v) is 7.67. The van der Waals surface area contributed by atoms with Crippen LogP contribution in [-0.2, 0) is 0 Å². The van der Waals surface area contributed by atoms with Crippen molar-refractivity contribution in [1.29, 1.82) is 0 Å². The minimum Gasteiger partial charge on any atom is -0.497 e. The van der Waals surface area contributed by atoms with Crippen LogP contribution in [0.5, 0.6) is 5.75 Å². The molecule has 1 amide bonds. The van der Waals surface area contributed by atoms with Gasteiger partial charge in [0.05, 0.1) is 12.8 Å². The average molecular weight is 369 g/mol. The highest BCUT2D eigenvalue weighted by Crippen LogP contribution is 2.27. The Labute approximate surface area is 157 Å². The molecule has 0 saturated heterocycles. The molecular weight excluding hydrogens is 346 g/mol. The van der Waals surface area contributed by atoms with Gasteiger partial charge in [-0.1, -0.05) is 19.3 Å². The number of rotatable bonds is 4. The van der Waals surface area contributed by atoms with Crippen LogP contribution in [-0.4, -0.2) is 40.4 Å². The minimum absolute atomic E-state index is 0.0850. The zero-order valence-electron chi connectivity index (χ0n) is 15.1. The molecule has 0 N–H and O–H groups in total. The molecule has 0 aliphatic heterocycles. The highest BCUT2D eigenvalue weighted by atomic mass is 32.1. The molecule has 1 saturated carbocycles. The van der Waals surface area contributed by atoms with Gasteiger partial charge in [-0.2, -0.15) is 0 Å².